The van der Waals surface area contributed by atoms with Crippen LogP contribution in [0, 0.1) is 13.8 Å². The van der Waals surface area contributed by atoms with Crippen molar-refractivity contribution in [1.29, 1.82) is 0 Å². The molecule has 3 aromatic rings. The van der Waals surface area contributed by atoms with Gasteiger partial charge in [-0.3, -0.25) is 10.1 Å². The second-order valence-corrected chi connectivity index (χ2v) is 9.14. The Bertz CT molecular complexity index is 1280. The first-order valence-corrected chi connectivity index (χ1v) is 11.3. The van der Waals surface area contributed by atoms with Crippen LogP contribution in [0.2, 0.25) is 10.0 Å². The lowest BCUT2D eigenvalue weighted by Gasteiger charge is -2.10. The first-order valence-electron chi connectivity index (χ1n) is 9.06. The van der Waals surface area contributed by atoms with Gasteiger partial charge in [0, 0.05) is 22.6 Å². The molecule has 2 aromatic carbocycles. The van der Waals surface area contributed by atoms with E-state index in [1.165, 1.54) is 42.5 Å². The van der Waals surface area contributed by atoms with Gasteiger partial charge in [0.05, 0.1) is 14.9 Å². The van der Waals surface area contributed by atoms with Crippen LogP contribution in [0.4, 0.5) is 16.4 Å². The van der Waals surface area contributed by atoms with E-state index in [4.69, 9.17) is 23.2 Å². The number of aryl methyl sites for hydroxylation is 2. The largest absolute Gasteiger partial charge is 0.326 e. The maximum atomic E-state index is 12.6. The number of aromatic nitrogens is 2. The normalized spacial score (nSPS) is 11.0. The van der Waals surface area contributed by atoms with Crippen LogP contribution >= 0.6 is 23.2 Å². The van der Waals surface area contributed by atoms with E-state index in [0.717, 1.165) is 0 Å². The fraction of sp³-hybridized carbons (Fsp3) is 0.100. The topological polar surface area (TPSA) is 130 Å². The number of sulfonamides is 1. The molecular weight excluding hydrogens is 477 g/mol. The second kappa shape index (κ2) is 9.51. The van der Waals surface area contributed by atoms with Crippen molar-refractivity contribution in [3.05, 3.63) is 75.5 Å². The molecule has 0 spiro atoms. The summed E-state index contributed by atoms with van der Waals surface area (Å²) in [5.74, 6) is -0.720. The summed E-state index contributed by atoms with van der Waals surface area (Å²) < 4.78 is 27.4. The van der Waals surface area contributed by atoms with Gasteiger partial charge in [0.25, 0.3) is 15.9 Å². The molecule has 0 saturated heterocycles. The number of carbonyl (C=O) groups is 2. The molecule has 0 radical (unpaired) electrons. The van der Waals surface area contributed by atoms with Crippen molar-refractivity contribution in [2.24, 2.45) is 0 Å². The van der Waals surface area contributed by atoms with Crippen molar-refractivity contribution in [2.45, 2.75) is 18.7 Å². The lowest BCUT2D eigenvalue weighted by atomic mass is 10.2. The van der Waals surface area contributed by atoms with Gasteiger partial charge in [0.2, 0.25) is 5.95 Å². The average molecular weight is 494 g/mol. The van der Waals surface area contributed by atoms with Gasteiger partial charge in [-0.05, 0) is 62.4 Å². The molecule has 0 aliphatic carbocycles. The number of hydrogen-bond acceptors (Lipinski definition) is 6. The molecule has 0 aliphatic rings. The van der Waals surface area contributed by atoms with Crippen LogP contribution in [-0.4, -0.2) is 30.3 Å². The predicted octanol–water partition coefficient (Wildman–Crippen LogP) is 4.16. The fourth-order valence-corrected chi connectivity index (χ4v) is 3.89. The minimum atomic E-state index is -3.94. The minimum Gasteiger partial charge on any atom is -0.308 e. The quantitative estimate of drug-likeness (QED) is 0.488. The number of nitrogens with zero attached hydrogens (tertiary/aromatic N) is 2. The van der Waals surface area contributed by atoms with E-state index in [1.807, 2.05) is 0 Å². The highest BCUT2D eigenvalue weighted by molar-refractivity contribution is 7.92. The molecule has 0 atom stereocenters. The van der Waals surface area contributed by atoms with Gasteiger partial charge in [0.1, 0.15) is 0 Å². The third-order valence-corrected chi connectivity index (χ3v) is 6.12. The van der Waals surface area contributed by atoms with Crippen LogP contribution in [0.25, 0.3) is 0 Å². The highest BCUT2D eigenvalue weighted by atomic mass is 35.5. The van der Waals surface area contributed by atoms with Gasteiger partial charge in [-0.1, -0.05) is 23.2 Å². The van der Waals surface area contributed by atoms with E-state index in [2.05, 4.69) is 25.3 Å². The van der Waals surface area contributed by atoms with Crippen molar-refractivity contribution in [3.63, 3.8) is 0 Å². The number of benzene rings is 2. The third kappa shape index (κ3) is 5.94. The van der Waals surface area contributed by atoms with E-state index in [9.17, 15) is 18.0 Å². The number of imide groups is 1. The molecule has 0 unspecified atom stereocenters. The number of hydrogen-bond donors (Lipinski definition) is 3. The Morgan fingerprint density at radius 3 is 2.09 bits per heavy atom. The SMILES string of the molecule is Cc1cc(C)nc(NS(=O)(=O)c2ccc(NC(=O)NC(=O)c3ccc(Cl)c(Cl)c3)cc2)n1. The van der Waals surface area contributed by atoms with Gasteiger partial charge in [-0.25, -0.2) is 27.9 Å². The van der Waals surface area contributed by atoms with Crippen LogP contribution in [0.1, 0.15) is 21.7 Å². The molecule has 0 bridgehead atoms. The number of carbonyl (C=O) groups excluding carboxylic acids is 2. The number of nitrogens with one attached hydrogen (secondary N) is 3. The summed E-state index contributed by atoms with van der Waals surface area (Å²) in [6, 6.07) is 10.4. The Morgan fingerprint density at radius 1 is 0.875 bits per heavy atom. The number of halogens is 2. The molecule has 12 heteroatoms. The fourth-order valence-electron chi connectivity index (χ4n) is 2.64. The van der Waals surface area contributed by atoms with Crippen LogP contribution < -0.4 is 15.4 Å². The standard InChI is InChI=1S/C20H17Cl2N5O4S/c1-11-9-12(2)24-19(23-11)27-32(30,31)15-6-4-14(5-7-15)25-20(29)26-18(28)13-3-8-16(21)17(22)10-13/h3-10H,1-2H3,(H,23,24,27)(H2,25,26,28,29). The first-order chi connectivity index (χ1) is 15.0. The Hall–Kier alpha value is -3.21. The van der Waals surface area contributed by atoms with E-state index < -0.39 is 22.0 Å². The van der Waals surface area contributed by atoms with Crippen molar-refractivity contribution < 1.29 is 18.0 Å². The number of amides is 3. The highest BCUT2D eigenvalue weighted by Gasteiger charge is 2.17. The summed E-state index contributed by atoms with van der Waals surface area (Å²) in [6.07, 6.45) is 0. The van der Waals surface area contributed by atoms with Gasteiger partial charge >= 0.3 is 6.03 Å². The maximum absolute atomic E-state index is 12.6. The molecule has 0 saturated carbocycles. The highest BCUT2D eigenvalue weighted by Crippen LogP contribution is 2.22. The van der Waals surface area contributed by atoms with Crippen LogP contribution in [0.3, 0.4) is 0 Å². The summed E-state index contributed by atoms with van der Waals surface area (Å²) in [5, 5.41) is 5.04. The van der Waals surface area contributed by atoms with Crippen molar-refractivity contribution in [2.75, 3.05) is 10.0 Å². The molecule has 9 nitrogen and oxygen atoms in total. The average Bonchev–Trinajstić information content (AvgIpc) is 2.69. The molecule has 0 aliphatic heterocycles. The van der Waals surface area contributed by atoms with Crippen molar-refractivity contribution in [1.82, 2.24) is 15.3 Å². The number of anilines is 2. The molecule has 0 fully saturated rings. The zero-order valence-corrected chi connectivity index (χ0v) is 19.1. The molecule has 32 heavy (non-hydrogen) atoms. The van der Waals surface area contributed by atoms with Gasteiger partial charge in [0.15, 0.2) is 0 Å². The van der Waals surface area contributed by atoms with Crippen LogP contribution in [0.5, 0.6) is 0 Å². The molecular formula is C20H17Cl2N5O4S. The van der Waals surface area contributed by atoms with Crippen LogP contribution in [-0.2, 0) is 10.0 Å². The Labute approximate surface area is 194 Å². The third-order valence-electron chi connectivity index (χ3n) is 4.04. The second-order valence-electron chi connectivity index (χ2n) is 6.64. The lowest BCUT2D eigenvalue weighted by Crippen LogP contribution is -2.34. The summed E-state index contributed by atoms with van der Waals surface area (Å²) in [5.41, 5.74) is 1.66. The monoisotopic (exact) mass is 493 g/mol. The smallest absolute Gasteiger partial charge is 0.308 e. The van der Waals surface area contributed by atoms with Gasteiger partial charge in [-0.2, -0.15) is 0 Å². The molecule has 1 heterocycles. The van der Waals surface area contributed by atoms with E-state index in [0.29, 0.717) is 11.4 Å². The Morgan fingerprint density at radius 2 is 1.50 bits per heavy atom. The summed E-state index contributed by atoms with van der Waals surface area (Å²) >= 11 is 11.7. The Kier molecular flexibility index (Phi) is 6.97. The zero-order valence-electron chi connectivity index (χ0n) is 16.8. The predicted molar refractivity (Wildman–Crippen MR) is 122 cm³/mol. The molecule has 1 aromatic heterocycles. The molecule has 166 valence electrons. The summed E-state index contributed by atoms with van der Waals surface area (Å²) in [7, 11) is -3.94. The summed E-state index contributed by atoms with van der Waals surface area (Å²) in [6.45, 7) is 3.45. The van der Waals surface area contributed by atoms with E-state index in [-0.39, 0.29) is 32.1 Å². The number of urea groups is 1. The zero-order chi connectivity index (χ0) is 23.5. The molecule has 3 amide bonds. The number of rotatable bonds is 5. The molecule has 3 rings (SSSR count). The van der Waals surface area contributed by atoms with E-state index >= 15 is 0 Å². The van der Waals surface area contributed by atoms with Crippen LogP contribution in [0.15, 0.2) is 53.4 Å². The minimum absolute atomic E-state index is 0.0371. The summed E-state index contributed by atoms with van der Waals surface area (Å²) in [4.78, 5) is 32.3. The van der Waals surface area contributed by atoms with Crippen molar-refractivity contribution >= 4 is 56.8 Å². The van der Waals surface area contributed by atoms with E-state index in [1.54, 1.807) is 19.9 Å². The van der Waals surface area contributed by atoms with Gasteiger partial charge < -0.3 is 5.32 Å². The van der Waals surface area contributed by atoms with Gasteiger partial charge in [-0.15, -0.1) is 0 Å². The first kappa shape index (κ1) is 23.5. The maximum Gasteiger partial charge on any atom is 0.326 e. The lowest BCUT2D eigenvalue weighted by molar-refractivity contribution is 0.0967. The Balaban J connectivity index is 1.65. The van der Waals surface area contributed by atoms with Crippen molar-refractivity contribution in [3.8, 4) is 0 Å². The molecule has 3 N–H and O–H groups in total.